The van der Waals surface area contributed by atoms with Crippen molar-refractivity contribution in [1.29, 1.82) is 0 Å². The highest BCUT2D eigenvalue weighted by Crippen LogP contribution is 2.50. The number of esters is 1. The van der Waals surface area contributed by atoms with Crippen LogP contribution in [0.2, 0.25) is 0 Å². The summed E-state index contributed by atoms with van der Waals surface area (Å²) in [5.74, 6) is -3.91. The fourth-order valence-corrected chi connectivity index (χ4v) is 4.61. The van der Waals surface area contributed by atoms with Crippen LogP contribution >= 0.6 is 0 Å². The molecule has 8 nitrogen and oxygen atoms in total. The zero-order valence-electron chi connectivity index (χ0n) is 20.6. The molecule has 0 saturated heterocycles. The highest BCUT2D eigenvalue weighted by Gasteiger charge is 2.37. The minimum Gasteiger partial charge on any atom is -0.507 e. The Morgan fingerprint density at radius 3 is 2.37 bits per heavy atom. The number of pyridine rings is 1. The van der Waals surface area contributed by atoms with Crippen LogP contribution in [-0.4, -0.2) is 39.2 Å². The van der Waals surface area contributed by atoms with Crippen molar-refractivity contribution in [1.82, 2.24) is 4.98 Å². The average Bonchev–Trinajstić information content (AvgIpc) is 3.29. The topological polar surface area (TPSA) is 126 Å². The molecule has 4 rings (SSSR count). The van der Waals surface area contributed by atoms with Gasteiger partial charge in [-0.3, -0.25) is 14.6 Å². The van der Waals surface area contributed by atoms with Crippen LogP contribution in [0.4, 0.5) is 13.2 Å². The summed E-state index contributed by atoms with van der Waals surface area (Å²) in [6, 6.07) is 5.10. The van der Waals surface area contributed by atoms with Gasteiger partial charge in [-0.25, -0.2) is 0 Å². The lowest BCUT2D eigenvalue weighted by molar-refractivity contribution is -0.141. The van der Waals surface area contributed by atoms with Crippen LogP contribution < -0.4 is 0 Å². The first-order valence-corrected chi connectivity index (χ1v) is 11.5. The fraction of sp³-hybridized carbons (Fsp3) is 0.296. The van der Waals surface area contributed by atoms with Gasteiger partial charge in [-0.2, -0.15) is 13.2 Å². The molecule has 2 heterocycles. The van der Waals surface area contributed by atoms with E-state index in [1.54, 1.807) is 6.92 Å². The maximum Gasteiger partial charge on any atom is 0.416 e. The molecule has 0 unspecified atom stereocenters. The predicted molar refractivity (Wildman–Crippen MR) is 127 cm³/mol. The second kappa shape index (κ2) is 9.97. The molecule has 0 saturated carbocycles. The van der Waals surface area contributed by atoms with Gasteiger partial charge in [-0.15, -0.1) is 0 Å². The number of aromatic hydroxyl groups is 3. The van der Waals surface area contributed by atoms with Crippen LogP contribution in [-0.2, 0) is 27.1 Å². The van der Waals surface area contributed by atoms with Gasteiger partial charge in [0.2, 0.25) is 0 Å². The molecule has 2 atom stereocenters. The number of methoxy groups -OCH3 is 1. The molecule has 2 aromatic carbocycles. The lowest BCUT2D eigenvalue weighted by atomic mass is 9.82. The van der Waals surface area contributed by atoms with Crippen molar-refractivity contribution in [2.24, 2.45) is 0 Å². The number of hydrogen-bond acceptors (Lipinski definition) is 8. The Morgan fingerprint density at radius 1 is 1.13 bits per heavy atom. The number of benzene rings is 2. The summed E-state index contributed by atoms with van der Waals surface area (Å²) in [4.78, 5) is 28.9. The third-order valence-electron chi connectivity index (χ3n) is 6.61. The first-order chi connectivity index (χ1) is 17.8. The number of aryl methyl sites for hydroxylation is 1. The number of hydrogen-bond donors (Lipinski definition) is 3. The van der Waals surface area contributed by atoms with E-state index >= 15 is 0 Å². The second-order valence-electron chi connectivity index (χ2n) is 8.96. The number of alkyl halides is 3. The van der Waals surface area contributed by atoms with E-state index in [-0.39, 0.29) is 34.6 Å². The van der Waals surface area contributed by atoms with Gasteiger partial charge in [0.25, 0.3) is 0 Å². The number of phenolic OH excluding ortho intramolecular Hbond substituents is 2. The normalized spacial score (nSPS) is 15.7. The van der Waals surface area contributed by atoms with Gasteiger partial charge in [0.1, 0.15) is 23.4 Å². The molecule has 0 bridgehead atoms. The molecule has 1 aliphatic rings. The minimum atomic E-state index is -4.61. The molecule has 0 fully saturated rings. The third-order valence-corrected chi connectivity index (χ3v) is 6.61. The summed E-state index contributed by atoms with van der Waals surface area (Å²) in [6.07, 6.45) is -4.63. The van der Waals surface area contributed by atoms with E-state index in [4.69, 9.17) is 9.47 Å². The molecular formula is C27H24F3NO7. The number of nitrogens with zero attached hydrogens (tertiary/aromatic N) is 1. The van der Waals surface area contributed by atoms with Gasteiger partial charge in [0.05, 0.1) is 37.0 Å². The number of carbonyl (C=O) groups is 2. The number of ketones is 1. The summed E-state index contributed by atoms with van der Waals surface area (Å²) in [5, 5.41) is 33.2. The van der Waals surface area contributed by atoms with Gasteiger partial charge in [0, 0.05) is 34.4 Å². The molecular weight excluding hydrogens is 507 g/mol. The van der Waals surface area contributed by atoms with Crippen molar-refractivity contribution in [3.8, 4) is 17.2 Å². The first-order valence-electron chi connectivity index (χ1n) is 11.5. The number of ether oxygens (including phenoxy) is 2. The van der Waals surface area contributed by atoms with Gasteiger partial charge < -0.3 is 24.8 Å². The molecule has 1 aliphatic heterocycles. The summed E-state index contributed by atoms with van der Waals surface area (Å²) in [7, 11) is 1.12. The maximum absolute atomic E-state index is 13.2. The minimum absolute atomic E-state index is 0.0180. The first kappa shape index (κ1) is 26.9. The van der Waals surface area contributed by atoms with E-state index in [2.05, 4.69) is 4.98 Å². The van der Waals surface area contributed by atoms with Crippen molar-refractivity contribution in [3.05, 3.63) is 81.2 Å². The Bertz CT molecular complexity index is 1420. The van der Waals surface area contributed by atoms with E-state index in [1.807, 2.05) is 0 Å². The number of rotatable bonds is 6. The Balaban J connectivity index is 1.96. The van der Waals surface area contributed by atoms with Crippen molar-refractivity contribution in [2.45, 2.75) is 45.1 Å². The smallest absolute Gasteiger partial charge is 0.416 e. The standard InChI is InChI=1S/C27H24F3NO7/c1-12-23(34)21-15(10-31-12)11-38-26(21)19-8-17(13(2)32)24(35)22(25(19)36)18(9-20(33)37-3)14-4-6-16(7-5-14)27(28,29)30/h4-8,10,18,26,34-36H,9,11H2,1-3H3/t18-,26-/m0/s1. The summed E-state index contributed by atoms with van der Waals surface area (Å²) in [6.45, 7) is 2.80. The zero-order valence-corrected chi connectivity index (χ0v) is 20.6. The molecule has 11 heteroatoms. The zero-order chi connectivity index (χ0) is 27.9. The molecule has 3 N–H and O–H groups in total. The summed E-state index contributed by atoms with van der Waals surface area (Å²) >= 11 is 0. The summed E-state index contributed by atoms with van der Waals surface area (Å²) < 4.78 is 50.0. The Kier molecular flexibility index (Phi) is 7.07. The molecule has 200 valence electrons. The molecule has 1 aromatic heterocycles. The van der Waals surface area contributed by atoms with Crippen LogP contribution in [0.15, 0.2) is 36.5 Å². The number of phenols is 2. The predicted octanol–water partition coefficient (Wildman–Crippen LogP) is 5.04. The molecule has 0 spiro atoms. The number of Topliss-reactive ketones (excluding diaryl/α,β-unsaturated/α-hetero) is 1. The molecule has 0 radical (unpaired) electrons. The van der Waals surface area contributed by atoms with Crippen LogP contribution in [0, 0.1) is 6.92 Å². The van der Waals surface area contributed by atoms with E-state index in [0.29, 0.717) is 16.8 Å². The number of aromatic nitrogens is 1. The SMILES string of the molecule is COC(=O)C[C@@H](c1ccc(C(F)(F)F)cc1)c1c(O)c(C(C)=O)cc([C@@H]2OCc3cnc(C)c(O)c32)c1O. The maximum atomic E-state index is 13.2. The quantitative estimate of drug-likeness (QED) is 0.298. The highest BCUT2D eigenvalue weighted by molar-refractivity contribution is 5.98. The van der Waals surface area contributed by atoms with Gasteiger partial charge in [-0.05, 0) is 37.6 Å². The Morgan fingerprint density at radius 2 is 1.79 bits per heavy atom. The molecule has 0 amide bonds. The highest BCUT2D eigenvalue weighted by atomic mass is 19.4. The average molecular weight is 531 g/mol. The second-order valence-corrected chi connectivity index (χ2v) is 8.96. The Labute approximate surface area is 215 Å². The molecule has 3 aromatic rings. The number of carbonyl (C=O) groups excluding carboxylic acids is 2. The van der Waals surface area contributed by atoms with Crippen LogP contribution in [0.5, 0.6) is 17.2 Å². The van der Waals surface area contributed by atoms with Crippen LogP contribution in [0.25, 0.3) is 0 Å². The van der Waals surface area contributed by atoms with Crippen molar-refractivity contribution in [3.63, 3.8) is 0 Å². The lowest BCUT2D eigenvalue weighted by Crippen LogP contribution is -2.14. The van der Waals surface area contributed by atoms with E-state index in [1.165, 1.54) is 19.2 Å². The number of fused-ring (bicyclic) bond motifs is 1. The monoisotopic (exact) mass is 531 g/mol. The van der Waals surface area contributed by atoms with Gasteiger partial charge in [0.15, 0.2) is 5.78 Å². The van der Waals surface area contributed by atoms with E-state index < -0.39 is 53.4 Å². The van der Waals surface area contributed by atoms with Crippen molar-refractivity contribution < 1.29 is 47.6 Å². The van der Waals surface area contributed by atoms with E-state index in [9.17, 15) is 38.1 Å². The fourth-order valence-electron chi connectivity index (χ4n) is 4.61. The van der Waals surface area contributed by atoms with Gasteiger partial charge >= 0.3 is 12.1 Å². The largest absolute Gasteiger partial charge is 0.507 e. The third kappa shape index (κ3) is 4.76. The Hall–Kier alpha value is -4.12. The number of halogens is 3. The van der Waals surface area contributed by atoms with Crippen LogP contribution in [0.1, 0.15) is 74.8 Å². The molecule has 0 aliphatic carbocycles. The van der Waals surface area contributed by atoms with Crippen molar-refractivity contribution in [2.75, 3.05) is 7.11 Å². The lowest BCUT2D eigenvalue weighted by Gasteiger charge is -2.25. The summed E-state index contributed by atoms with van der Waals surface area (Å²) in [5.41, 5.74) is -0.0703. The van der Waals surface area contributed by atoms with Crippen molar-refractivity contribution >= 4 is 11.8 Å². The van der Waals surface area contributed by atoms with E-state index in [0.717, 1.165) is 31.4 Å². The van der Waals surface area contributed by atoms with Gasteiger partial charge in [-0.1, -0.05) is 12.1 Å². The van der Waals surface area contributed by atoms with Crippen LogP contribution in [0.3, 0.4) is 0 Å². The molecule has 38 heavy (non-hydrogen) atoms.